The molecule has 1 N–H and O–H groups in total. The molecule has 0 aliphatic carbocycles. The molecule has 0 saturated carbocycles. The highest BCUT2D eigenvalue weighted by molar-refractivity contribution is 7.47. The fourth-order valence-corrected chi connectivity index (χ4v) is 6.45. The van der Waals surface area contributed by atoms with Crippen molar-refractivity contribution in [3.8, 4) is 0 Å². The van der Waals surface area contributed by atoms with Crippen molar-refractivity contribution in [2.75, 3.05) is 19.8 Å². The second-order valence-corrected chi connectivity index (χ2v) is 15.4. The summed E-state index contributed by atoms with van der Waals surface area (Å²) in [5, 5.41) is 0. The van der Waals surface area contributed by atoms with E-state index in [1.54, 1.807) is 6.92 Å². The summed E-state index contributed by atoms with van der Waals surface area (Å²) in [6.07, 6.45) is 48.7. The standard InChI is InChI=1S/C45H79O8P/c1-4-7-9-11-13-15-17-19-20-21-22-23-24-25-26-28-29-31-33-35-37-39-44(46)50-41-43(42-52-54(48,49)51-6-3)53-45(47)40-38-36-34-32-30-27-18-16-14-12-10-8-5-2/h8,10,14,16,21-22,27,30,34,36,43H,4-7,9,11-13,15,17-20,23-26,28-29,31-33,35,37-42H2,1-3H3,(H,48,49)/b10-8-,16-14-,22-21-,30-27-,36-34-. The van der Waals surface area contributed by atoms with Crippen LogP contribution in [0.15, 0.2) is 60.8 Å². The summed E-state index contributed by atoms with van der Waals surface area (Å²) >= 11 is 0. The van der Waals surface area contributed by atoms with E-state index in [-0.39, 0.29) is 32.0 Å². The van der Waals surface area contributed by atoms with E-state index in [1.807, 2.05) is 12.2 Å². The number of rotatable bonds is 39. The van der Waals surface area contributed by atoms with Crippen molar-refractivity contribution >= 4 is 19.8 Å². The maximum Gasteiger partial charge on any atom is 0.472 e. The van der Waals surface area contributed by atoms with Gasteiger partial charge in [0, 0.05) is 12.8 Å². The average molecular weight is 779 g/mol. The lowest BCUT2D eigenvalue weighted by Gasteiger charge is -2.19. The van der Waals surface area contributed by atoms with Crippen LogP contribution in [0.5, 0.6) is 0 Å². The number of phosphoric acid groups is 1. The molecule has 0 radical (unpaired) electrons. The molecule has 0 amide bonds. The van der Waals surface area contributed by atoms with Crippen molar-refractivity contribution in [1.29, 1.82) is 0 Å². The van der Waals surface area contributed by atoms with Crippen molar-refractivity contribution < 1.29 is 37.6 Å². The minimum Gasteiger partial charge on any atom is -0.462 e. The minimum atomic E-state index is -4.30. The van der Waals surface area contributed by atoms with E-state index in [2.05, 4.69) is 62.5 Å². The van der Waals surface area contributed by atoms with E-state index in [0.29, 0.717) is 6.42 Å². The predicted molar refractivity (Wildman–Crippen MR) is 225 cm³/mol. The van der Waals surface area contributed by atoms with E-state index >= 15 is 0 Å². The van der Waals surface area contributed by atoms with Gasteiger partial charge in [0.25, 0.3) is 0 Å². The quantitative estimate of drug-likeness (QED) is 0.0284. The molecule has 0 saturated heterocycles. The Labute approximate surface area is 330 Å². The van der Waals surface area contributed by atoms with Gasteiger partial charge < -0.3 is 14.4 Å². The molecular formula is C45H79O8P. The first kappa shape index (κ1) is 51.8. The average Bonchev–Trinajstić information content (AvgIpc) is 3.15. The Bertz CT molecular complexity index is 1060. The molecule has 8 nitrogen and oxygen atoms in total. The first-order valence-electron chi connectivity index (χ1n) is 21.6. The van der Waals surface area contributed by atoms with Crippen molar-refractivity contribution in [1.82, 2.24) is 0 Å². The first-order valence-corrected chi connectivity index (χ1v) is 23.1. The molecule has 0 aromatic heterocycles. The highest BCUT2D eigenvalue weighted by atomic mass is 31.2. The van der Waals surface area contributed by atoms with Crippen LogP contribution in [0.1, 0.15) is 188 Å². The molecule has 0 spiro atoms. The molecule has 0 heterocycles. The lowest BCUT2D eigenvalue weighted by Crippen LogP contribution is -2.29. The van der Waals surface area contributed by atoms with E-state index in [0.717, 1.165) is 44.9 Å². The number of hydrogen-bond donors (Lipinski definition) is 1. The van der Waals surface area contributed by atoms with E-state index in [4.69, 9.17) is 18.5 Å². The molecule has 0 aliphatic rings. The monoisotopic (exact) mass is 779 g/mol. The van der Waals surface area contributed by atoms with Gasteiger partial charge in [-0.05, 0) is 71.1 Å². The van der Waals surface area contributed by atoms with Crippen molar-refractivity contribution in [3.05, 3.63) is 60.8 Å². The number of allylic oxidation sites excluding steroid dienone is 10. The SMILES string of the molecule is CC/C=C\C/C=C\C/C=C\C/C=C\CCC(=O)OC(COC(=O)CCCCCCCCCCC/C=C\CCCCCCCCCC)COP(=O)(O)OCC. The van der Waals surface area contributed by atoms with Gasteiger partial charge in [-0.3, -0.25) is 18.6 Å². The van der Waals surface area contributed by atoms with Crippen molar-refractivity contribution in [2.45, 2.75) is 194 Å². The zero-order valence-electron chi connectivity index (χ0n) is 34.6. The van der Waals surface area contributed by atoms with Gasteiger partial charge in [-0.1, -0.05) is 164 Å². The predicted octanol–water partition coefficient (Wildman–Crippen LogP) is 13.6. The van der Waals surface area contributed by atoms with Gasteiger partial charge in [-0.25, -0.2) is 4.57 Å². The lowest BCUT2D eigenvalue weighted by molar-refractivity contribution is -0.161. The second kappa shape index (κ2) is 40.4. The molecule has 312 valence electrons. The fourth-order valence-electron chi connectivity index (χ4n) is 5.70. The molecule has 0 aromatic carbocycles. The summed E-state index contributed by atoms with van der Waals surface area (Å²) in [6.45, 7) is 5.27. The number of carbonyl (C=O) groups excluding carboxylic acids is 2. The largest absolute Gasteiger partial charge is 0.472 e. The summed E-state index contributed by atoms with van der Waals surface area (Å²) in [6, 6.07) is 0. The van der Waals surface area contributed by atoms with Crippen LogP contribution in [-0.2, 0) is 32.7 Å². The number of hydrogen-bond acceptors (Lipinski definition) is 7. The normalized spacial score (nSPS) is 13.9. The Morgan fingerprint density at radius 1 is 0.519 bits per heavy atom. The van der Waals surface area contributed by atoms with Crippen LogP contribution in [0.4, 0.5) is 0 Å². The molecule has 9 heteroatoms. The van der Waals surface area contributed by atoms with Gasteiger partial charge in [0.2, 0.25) is 0 Å². The van der Waals surface area contributed by atoms with Gasteiger partial charge >= 0.3 is 19.8 Å². The first-order chi connectivity index (χ1) is 26.3. The Morgan fingerprint density at radius 2 is 0.981 bits per heavy atom. The van der Waals surface area contributed by atoms with Crippen molar-refractivity contribution in [3.63, 3.8) is 0 Å². The molecule has 0 aliphatic heterocycles. The number of esters is 2. The van der Waals surface area contributed by atoms with Gasteiger partial charge in [0.15, 0.2) is 6.10 Å². The second-order valence-electron chi connectivity index (χ2n) is 14.0. The smallest absolute Gasteiger partial charge is 0.462 e. The summed E-state index contributed by atoms with van der Waals surface area (Å²) in [5.41, 5.74) is 0. The Balaban J connectivity index is 4.10. The van der Waals surface area contributed by atoms with Crippen LogP contribution in [-0.4, -0.2) is 42.8 Å². The van der Waals surface area contributed by atoms with E-state index in [1.165, 1.54) is 103 Å². The van der Waals surface area contributed by atoms with Crippen LogP contribution < -0.4 is 0 Å². The van der Waals surface area contributed by atoms with Gasteiger partial charge in [-0.15, -0.1) is 0 Å². The zero-order valence-corrected chi connectivity index (χ0v) is 35.5. The molecule has 0 bridgehead atoms. The van der Waals surface area contributed by atoms with Gasteiger partial charge in [0.1, 0.15) is 6.61 Å². The Morgan fingerprint density at radius 3 is 1.50 bits per heavy atom. The third-order valence-corrected chi connectivity index (χ3v) is 9.88. The van der Waals surface area contributed by atoms with E-state index < -0.39 is 26.5 Å². The number of ether oxygens (including phenoxy) is 2. The molecular weight excluding hydrogens is 699 g/mol. The van der Waals surface area contributed by atoms with E-state index in [9.17, 15) is 19.0 Å². The fraction of sp³-hybridized carbons (Fsp3) is 0.733. The molecule has 0 fully saturated rings. The van der Waals surface area contributed by atoms with Crippen LogP contribution in [0.25, 0.3) is 0 Å². The molecule has 0 rings (SSSR count). The van der Waals surface area contributed by atoms with Crippen molar-refractivity contribution in [2.24, 2.45) is 0 Å². The molecule has 2 atom stereocenters. The maximum absolute atomic E-state index is 12.5. The molecule has 2 unspecified atom stereocenters. The molecule has 54 heavy (non-hydrogen) atoms. The topological polar surface area (TPSA) is 108 Å². The Hall–Kier alpha value is -2.25. The number of carbonyl (C=O) groups is 2. The highest BCUT2D eigenvalue weighted by Gasteiger charge is 2.25. The lowest BCUT2D eigenvalue weighted by atomic mass is 10.1. The summed E-state index contributed by atoms with van der Waals surface area (Å²) < 4.78 is 32.5. The zero-order chi connectivity index (χ0) is 39.6. The molecule has 0 aromatic rings. The minimum absolute atomic E-state index is 0.0145. The summed E-state index contributed by atoms with van der Waals surface area (Å²) in [4.78, 5) is 34.7. The third-order valence-electron chi connectivity index (χ3n) is 8.82. The Kier molecular flexibility index (Phi) is 38.7. The van der Waals surface area contributed by atoms with Crippen LogP contribution >= 0.6 is 7.82 Å². The third kappa shape index (κ3) is 39.4. The maximum atomic E-state index is 12.5. The summed E-state index contributed by atoms with van der Waals surface area (Å²) in [5.74, 6) is -0.896. The van der Waals surface area contributed by atoms with Crippen LogP contribution in [0.3, 0.4) is 0 Å². The highest BCUT2D eigenvalue weighted by Crippen LogP contribution is 2.43. The number of unbranched alkanes of at least 4 members (excludes halogenated alkanes) is 17. The summed E-state index contributed by atoms with van der Waals surface area (Å²) in [7, 11) is -4.30. The van der Waals surface area contributed by atoms with Crippen LogP contribution in [0, 0.1) is 0 Å². The number of phosphoric ester groups is 1. The van der Waals surface area contributed by atoms with Gasteiger partial charge in [-0.2, -0.15) is 0 Å². The van der Waals surface area contributed by atoms with Crippen LogP contribution in [0.2, 0.25) is 0 Å². The van der Waals surface area contributed by atoms with Gasteiger partial charge in [0.05, 0.1) is 13.2 Å².